The third kappa shape index (κ3) is 5.14. The van der Waals surface area contributed by atoms with Gasteiger partial charge in [0.15, 0.2) is 0 Å². The maximum absolute atomic E-state index is 12.0. The number of alkyl halides is 2. The average Bonchev–Trinajstić information content (AvgIpc) is 2.98. The predicted molar refractivity (Wildman–Crippen MR) is 76.8 cm³/mol. The Balaban J connectivity index is 1.76. The number of halogens is 2. The van der Waals surface area contributed by atoms with E-state index in [1.54, 1.807) is 0 Å². The van der Waals surface area contributed by atoms with Crippen LogP contribution in [0.25, 0.3) is 0 Å². The van der Waals surface area contributed by atoms with Crippen LogP contribution in [-0.4, -0.2) is 30.3 Å². The molecule has 3 N–H and O–H groups in total. The molecule has 0 saturated heterocycles. The number of carbonyl (C=O) groups is 1. The molecule has 1 atom stereocenters. The molecular weight excluding hydrogens is 294 g/mol. The van der Waals surface area contributed by atoms with Gasteiger partial charge < -0.3 is 20.5 Å². The predicted octanol–water partition coefficient (Wildman–Crippen LogP) is 2.56. The summed E-state index contributed by atoms with van der Waals surface area (Å²) in [4.78, 5) is 11.7. The van der Waals surface area contributed by atoms with Crippen LogP contribution in [0.2, 0.25) is 0 Å². The summed E-state index contributed by atoms with van der Waals surface area (Å²) in [6, 6.07) is 5.58. The lowest BCUT2D eigenvalue weighted by molar-refractivity contribution is -0.0498. The molecule has 0 radical (unpaired) electrons. The van der Waals surface area contributed by atoms with Crippen molar-refractivity contribution in [3.8, 4) is 5.75 Å². The Morgan fingerprint density at radius 2 is 1.91 bits per heavy atom. The molecule has 1 aliphatic carbocycles. The number of aliphatic hydroxyl groups excluding tert-OH is 1. The number of hydrogen-bond acceptors (Lipinski definition) is 3. The van der Waals surface area contributed by atoms with Crippen molar-refractivity contribution in [1.82, 2.24) is 10.6 Å². The SMILES string of the molecule is O=C(NCC(O)c1ccc(OC(F)F)cc1)NC1CCCC1. The molecule has 1 aliphatic rings. The van der Waals surface area contributed by atoms with Crippen molar-refractivity contribution < 1.29 is 23.4 Å². The number of benzene rings is 1. The van der Waals surface area contributed by atoms with E-state index < -0.39 is 12.7 Å². The molecule has 1 saturated carbocycles. The molecule has 122 valence electrons. The molecule has 5 nitrogen and oxygen atoms in total. The first-order valence-corrected chi connectivity index (χ1v) is 7.32. The largest absolute Gasteiger partial charge is 0.435 e. The lowest BCUT2D eigenvalue weighted by Crippen LogP contribution is -2.42. The standard InChI is InChI=1S/C15H20F2N2O3/c16-14(17)22-12-7-5-10(6-8-12)13(20)9-18-15(21)19-11-3-1-2-4-11/h5-8,11,13-14,20H,1-4,9H2,(H2,18,19,21). The minimum atomic E-state index is -2.88. The first kappa shape index (κ1) is 16.5. The second-order valence-corrected chi connectivity index (χ2v) is 5.30. The summed E-state index contributed by atoms with van der Waals surface area (Å²) in [7, 11) is 0. The molecule has 0 bridgehead atoms. The van der Waals surface area contributed by atoms with E-state index in [4.69, 9.17) is 0 Å². The number of rotatable bonds is 6. The van der Waals surface area contributed by atoms with Crippen LogP contribution in [0, 0.1) is 0 Å². The fraction of sp³-hybridized carbons (Fsp3) is 0.533. The van der Waals surface area contributed by atoms with Gasteiger partial charge in [-0.25, -0.2) is 4.79 Å². The maximum Gasteiger partial charge on any atom is 0.387 e. The third-order valence-electron chi connectivity index (χ3n) is 3.64. The number of hydrogen-bond donors (Lipinski definition) is 3. The number of urea groups is 1. The molecule has 2 rings (SSSR count). The van der Waals surface area contributed by atoms with E-state index in [0.29, 0.717) is 5.56 Å². The number of amides is 2. The number of carbonyl (C=O) groups excluding carboxylic acids is 1. The van der Waals surface area contributed by atoms with Gasteiger partial charge in [-0.15, -0.1) is 0 Å². The van der Waals surface area contributed by atoms with Gasteiger partial charge in [-0.3, -0.25) is 0 Å². The quantitative estimate of drug-likeness (QED) is 0.756. The van der Waals surface area contributed by atoms with E-state index in [0.717, 1.165) is 25.7 Å². The van der Waals surface area contributed by atoms with E-state index in [1.165, 1.54) is 24.3 Å². The molecule has 0 aromatic heterocycles. The van der Waals surface area contributed by atoms with Gasteiger partial charge in [-0.2, -0.15) is 8.78 Å². The summed E-state index contributed by atoms with van der Waals surface area (Å²) >= 11 is 0. The zero-order valence-electron chi connectivity index (χ0n) is 12.1. The Morgan fingerprint density at radius 3 is 2.50 bits per heavy atom. The van der Waals surface area contributed by atoms with Crippen LogP contribution in [-0.2, 0) is 0 Å². The molecule has 0 aliphatic heterocycles. The van der Waals surface area contributed by atoms with Crippen molar-refractivity contribution in [3.05, 3.63) is 29.8 Å². The zero-order chi connectivity index (χ0) is 15.9. The summed E-state index contributed by atoms with van der Waals surface area (Å²) in [5.74, 6) is 0.0258. The van der Waals surface area contributed by atoms with Gasteiger partial charge in [0, 0.05) is 12.6 Å². The van der Waals surface area contributed by atoms with Crippen LogP contribution in [0.3, 0.4) is 0 Å². The highest BCUT2D eigenvalue weighted by atomic mass is 19.3. The molecule has 22 heavy (non-hydrogen) atoms. The van der Waals surface area contributed by atoms with Crippen LogP contribution in [0.5, 0.6) is 5.75 Å². The van der Waals surface area contributed by atoms with Gasteiger partial charge >= 0.3 is 12.6 Å². The fourth-order valence-corrected chi connectivity index (χ4v) is 2.49. The van der Waals surface area contributed by atoms with Crippen molar-refractivity contribution in [2.75, 3.05) is 6.54 Å². The van der Waals surface area contributed by atoms with E-state index in [1.807, 2.05) is 0 Å². The second-order valence-electron chi connectivity index (χ2n) is 5.30. The van der Waals surface area contributed by atoms with E-state index >= 15 is 0 Å². The van der Waals surface area contributed by atoms with E-state index in [9.17, 15) is 18.7 Å². The summed E-state index contributed by atoms with van der Waals surface area (Å²) < 4.78 is 28.3. The molecule has 2 amide bonds. The van der Waals surface area contributed by atoms with Crippen LogP contribution >= 0.6 is 0 Å². The normalized spacial score (nSPS) is 16.5. The Bertz CT molecular complexity index is 476. The molecular formula is C15H20F2N2O3. The molecule has 0 spiro atoms. The number of nitrogens with one attached hydrogen (secondary N) is 2. The van der Waals surface area contributed by atoms with Gasteiger partial charge in [0.25, 0.3) is 0 Å². The first-order chi connectivity index (χ1) is 10.5. The monoisotopic (exact) mass is 314 g/mol. The topological polar surface area (TPSA) is 70.6 Å². The fourth-order valence-electron chi connectivity index (χ4n) is 2.49. The Labute approximate surface area is 127 Å². The van der Waals surface area contributed by atoms with Gasteiger partial charge in [0.2, 0.25) is 0 Å². The molecule has 1 aromatic carbocycles. The molecule has 7 heteroatoms. The van der Waals surface area contributed by atoms with Gasteiger partial charge in [-0.05, 0) is 30.5 Å². The highest BCUT2D eigenvalue weighted by Gasteiger charge is 2.17. The van der Waals surface area contributed by atoms with Gasteiger partial charge in [0.1, 0.15) is 5.75 Å². The third-order valence-corrected chi connectivity index (χ3v) is 3.64. The highest BCUT2D eigenvalue weighted by Crippen LogP contribution is 2.19. The average molecular weight is 314 g/mol. The Hall–Kier alpha value is -1.89. The molecule has 1 aromatic rings. The summed E-state index contributed by atoms with van der Waals surface area (Å²) in [6.07, 6.45) is 3.32. The Morgan fingerprint density at radius 1 is 1.27 bits per heavy atom. The van der Waals surface area contributed by atoms with Crippen LogP contribution in [0.4, 0.5) is 13.6 Å². The van der Waals surface area contributed by atoms with Crippen molar-refractivity contribution >= 4 is 6.03 Å². The minimum Gasteiger partial charge on any atom is -0.435 e. The van der Waals surface area contributed by atoms with Crippen LogP contribution in [0.15, 0.2) is 24.3 Å². The van der Waals surface area contributed by atoms with Crippen molar-refractivity contribution in [2.45, 2.75) is 44.4 Å². The Kier molecular flexibility index (Phi) is 5.94. The van der Waals surface area contributed by atoms with E-state index in [-0.39, 0.29) is 24.4 Å². The van der Waals surface area contributed by atoms with Crippen molar-refractivity contribution in [1.29, 1.82) is 0 Å². The number of ether oxygens (including phenoxy) is 1. The summed E-state index contributed by atoms with van der Waals surface area (Å²) in [5, 5.41) is 15.4. The highest BCUT2D eigenvalue weighted by molar-refractivity contribution is 5.74. The van der Waals surface area contributed by atoms with Crippen LogP contribution < -0.4 is 15.4 Å². The van der Waals surface area contributed by atoms with Crippen molar-refractivity contribution in [3.63, 3.8) is 0 Å². The lowest BCUT2D eigenvalue weighted by atomic mass is 10.1. The first-order valence-electron chi connectivity index (χ1n) is 7.32. The molecule has 1 fully saturated rings. The summed E-state index contributed by atoms with van der Waals surface area (Å²) in [5.41, 5.74) is 0.516. The zero-order valence-corrected chi connectivity index (χ0v) is 12.1. The minimum absolute atomic E-state index is 0.0258. The second kappa shape index (κ2) is 7.93. The van der Waals surface area contributed by atoms with Crippen LogP contribution in [0.1, 0.15) is 37.4 Å². The molecule has 0 heterocycles. The smallest absolute Gasteiger partial charge is 0.387 e. The number of aliphatic hydroxyl groups is 1. The molecule has 1 unspecified atom stereocenters. The maximum atomic E-state index is 12.0. The van der Waals surface area contributed by atoms with E-state index in [2.05, 4.69) is 15.4 Å². The van der Waals surface area contributed by atoms with Gasteiger partial charge in [-0.1, -0.05) is 25.0 Å². The van der Waals surface area contributed by atoms with Crippen molar-refractivity contribution in [2.24, 2.45) is 0 Å². The lowest BCUT2D eigenvalue weighted by Gasteiger charge is -2.16. The summed E-state index contributed by atoms with van der Waals surface area (Å²) in [6.45, 7) is -2.83. The van der Waals surface area contributed by atoms with Gasteiger partial charge in [0.05, 0.1) is 6.10 Å².